The van der Waals surface area contributed by atoms with Crippen molar-refractivity contribution in [3.8, 4) is 11.1 Å². The first kappa shape index (κ1) is 37.8. The second kappa shape index (κ2) is 14.6. The lowest BCUT2D eigenvalue weighted by atomic mass is 9.90. The number of fused-ring (bicyclic) bond motifs is 2. The van der Waals surface area contributed by atoms with Crippen molar-refractivity contribution in [2.24, 2.45) is 12.5 Å². The number of carbonyl (C=O) groups excluding carboxylic acids is 2. The summed E-state index contributed by atoms with van der Waals surface area (Å²) in [6.07, 6.45) is 4.33. The van der Waals surface area contributed by atoms with Gasteiger partial charge in [-0.05, 0) is 88.5 Å². The van der Waals surface area contributed by atoms with Crippen LogP contribution in [0.1, 0.15) is 67.2 Å². The lowest BCUT2D eigenvalue weighted by molar-refractivity contribution is -0.147. The molecule has 2 aliphatic heterocycles. The van der Waals surface area contributed by atoms with Gasteiger partial charge in [0.1, 0.15) is 11.1 Å². The van der Waals surface area contributed by atoms with E-state index in [1.54, 1.807) is 35.7 Å². The molecular weight excluding hydrogens is 720 g/mol. The number of benzene rings is 2. The molecule has 2 amide bonds. The molecule has 5 heterocycles. The molecule has 7 rings (SSSR count). The summed E-state index contributed by atoms with van der Waals surface area (Å²) in [6.45, 7) is 11.9. The minimum Gasteiger partial charge on any atom is -0.481 e. The van der Waals surface area contributed by atoms with Gasteiger partial charge < -0.3 is 29.9 Å². The van der Waals surface area contributed by atoms with Gasteiger partial charge in [0.2, 0.25) is 0 Å². The first-order valence-electron chi connectivity index (χ1n) is 18.3. The van der Waals surface area contributed by atoms with Gasteiger partial charge >= 0.3 is 12.1 Å². The summed E-state index contributed by atoms with van der Waals surface area (Å²) in [5, 5.41) is 17.4. The maximum absolute atomic E-state index is 13.6. The largest absolute Gasteiger partial charge is 0.481 e. The first-order chi connectivity index (χ1) is 26.1. The highest BCUT2D eigenvalue weighted by atomic mass is 35.5. The highest BCUT2D eigenvalue weighted by Crippen LogP contribution is 2.39. The van der Waals surface area contributed by atoms with E-state index in [1.807, 2.05) is 70.3 Å². The monoisotopic (exact) mass is 764 g/mol. The lowest BCUT2D eigenvalue weighted by Crippen LogP contribution is -2.40. The molecule has 1 fully saturated rings. The number of carboxylic acids is 1. The van der Waals surface area contributed by atoms with E-state index in [0.717, 1.165) is 45.6 Å². The number of hydrogen-bond acceptors (Lipinski definition) is 9. The molecule has 55 heavy (non-hydrogen) atoms. The van der Waals surface area contributed by atoms with Gasteiger partial charge in [-0.15, -0.1) is 0 Å². The zero-order chi connectivity index (χ0) is 39.2. The molecule has 2 aromatic carbocycles. The maximum atomic E-state index is 13.6. The van der Waals surface area contributed by atoms with E-state index < -0.39 is 29.0 Å². The number of aliphatic carboxylic acids is 1. The zero-order valence-corrected chi connectivity index (χ0v) is 32.6. The minimum absolute atomic E-state index is 0.223. The molecule has 0 bridgehead atoms. The van der Waals surface area contributed by atoms with Crippen LogP contribution in [0, 0.1) is 12.3 Å². The molecule has 0 saturated carbocycles. The van der Waals surface area contributed by atoms with E-state index >= 15 is 0 Å². The Kier molecular flexibility index (Phi) is 10.0. The van der Waals surface area contributed by atoms with Gasteiger partial charge in [0.15, 0.2) is 11.6 Å². The van der Waals surface area contributed by atoms with Gasteiger partial charge in [-0.2, -0.15) is 0 Å². The molecule has 14 heteroatoms. The van der Waals surface area contributed by atoms with Crippen molar-refractivity contribution in [1.29, 1.82) is 0 Å². The Labute approximate surface area is 324 Å². The first-order valence-corrected chi connectivity index (χ1v) is 18.7. The van der Waals surface area contributed by atoms with Crippen molar-refractivity contribution in [3.63, 3.8) is 0 Å². The van der Waals surface area contributed by atoms with Gasteiger partial charge in [0.05, 0.1) is 28.4 Å². The summed E-state index contributed by atoms with van der Waals surface area (Å²) in [6, 6.07) is 15.4. The van der Waals surface area contributed by atoms with Crippen molar-refractivity contribution >= 4 is 57.7 Å². The summed E-state index contributed by atoms with van der Waals surface area (Å²) in [4.78, 5) is 55.8. The van der Waals surface area contributed by atoms with Crippen molar-refractivity contribution in [3.05, 3.63) is 94.3 Å². The Balaban J connectivity index is 1.08. The summed E-state index contributed by atoms with van der Waals surface area (Å²) in [5.74, 6) is -0.350. The normalized spacial score (nSPS) is 17.3. The van der Waals surface area contributed by atoms with Crippen LogP contribution < -0.4 is 10.6 Å². The van der Waals surface area contributed by atoms with Gasteiger partial charge in [-0.1, -0.05) is 35.9 Å². The molecule has 0 aliphatic carbocycles. The summed E-state index contributed by atoms with van der Waals surface area (Å²) >= 11 is 7.02. The van der Waals surface area contributed by atoms with E-state index in [-0.39, 0.29) is 12.4 Å². The quantitative estimate of drug-likeness (QED) is 0.144. The molecule has 2 aliphatic rings. The third kappa shape index (κ3) is 7.72. The standard InChI is InChI=1S/C41H45ClN8O5/c1-24-27(9-7-11-29(24)45-35-34-26(13-16-43-35)19-25(20-44-34)21-49-18-15-41(5,23-49)38(52)53)28-10-8-12-30(33(28)42)47-37(51)36-46-31-22-50(17-14-32(31)48(36)6)39(54)55-40(2,3)4/h7-13,16,19-20H,14-15,17-18,21-23H2,1-6H3,(H,43,45)(H,47,51)(H,52,53)/t41-/m1/s1. The van der Waals surface area contributed by atoms with Crippen molar-refractivity contribution in [2.75, 3.05) is 30.3 Å². The number of pyridine rings is 2. The number of carbonyl (C=O) groups is 3. The molecule has 3 aromatic heterocycles. The number of carboxylic acid groups (broad SMARTS) is 1. The third-order valence-electron chi connectivity index (χ3n) is 10.4. The predicted octanol–water partition coefficient (Wildman–Crippen LogP) is 7.58. The molecule has 0 radical (unpaired) electrons. The number of nitrogens with one attached hydrogen (secondary N) is 2. The number of hydrogen-bond donors (Lipinski definition) is 3. The Morgan fingerprint density at radius 1 is 1.04 bits per heavy atom. The fraction of sp³-hybridized carbons (Fsp3) is 0.366. The van der Waals surface area contributed by atoms with Crippen LogP contribution in [0.2, 0.25) is 5.02 Å². The SMILES string of the molecule is Cc1c(Nc2nccc3cc(CN4CC[C@@](C)(C(=O)O)C4)cnc23)cccc1-c1cccc(NC(=O)c2nc3c(n2C)CCN(C(=O)OC(C)(C)C)C3)c1Cl. The van der Waals surface area contributed by atoms with E-state index in [2.05, 4.69) is 31.6 Å². The molecule has 13 nitrogen and oxygen atoms in total. The maximum Gasteiger partial charge on any atom is 0.410 e. The number of halogens is 1. The minimum atomic E-state index is -0.760. The topological polar surface area (TPSA) is 155 Å². The second-order valence-corrected chi connectivity index (χ2v) is 16.0. The molecule has 0 spiro atoms. The van der Waals surface area contributed by atoms with Crippen LogP contribution in [-0.4, -0.2) is 77.6 Å². The molecule has 1 saturated heterocycles. The molecular formula is C41H45ClN8O5. The van der Waals surface area contributed by atoms with Crippen LogP contribution in [0.4, 0.5) is 22.0 Å². The molecule has 1 atom stereocenters. The van der Waals surface area contributed by atoms with Crippen molar-refractivity contribution in [2.45, 2.75) is 66.2 Å². The smallest absolute Gasteiger partial charge is 0.410 e. The van der Waals surface area contributed by atoms with Crippen molar-refractivity contribution < 1.29 is 24.2 Å². The van der Waals surface area contributed by atoms with Crippen molar-refractivity contribution in [1.82, 2.24) is 29.3 Å². The average molecular weight is 765 g/mol. The van der Waals surface area contributed by atoms with Crippen LogP contribution in [0.15, 0.2) is 60.9 Å². The number of ether oxygens (including phenoxy) is 1. The molecule has 286 valence electrons. The van der Waals surface area contributed by atoms with E-state index in [0.29, 0.717) is 60.2 Å². The number of likely N-dealkylation sites (tertiary alicyclic amines) is 1. The van der Waals surface area contributed by atoms with Crippen LogP contribution >= 0.6 is 11.6 Å². The summed E-state index contributed by atoms with van der Waals surface area (Å²) in [7, 11) is 1.80. The van der Waals surface area contributed by atoms with Gasteiger partial charge in [-0.3, -0.25) is 19.5 Å². The van der Waals surface area contributed by atoms with Gasteiger partial charge in [0, 0.05) is 67.8 Å². The number of imidazole rings is 1. The fourth-order valence-corrected chi connectivity index (χ4v) is 7.60. The Morgan fingerprint density at radius 3 is 2.51 bits per heavy atom. The lowest BCUT2D eigenvalue weighted by Gasteiger charge is -2.29. The summed E-state index contributed by atoms with van der Waals surface area (Å²) in [5.41, 5.74) is 5.72. The third-order valence-corrected chi connectivity index (χ3v) is 10.8. The van der Waals surface area contributed by atoms with Crippen LogP contribution in [0.25, 0.3) is 22.0 Å². The fourth-order valence-electron chi connectivity index (χ4n) is 7.33. The average Bonchev–Trinajstić information content (AvgIpc) is 3.68. The number of anilines is 3. The predicted molar refractivity (Wildman–Crippen MR) is 212 cm³/mol. The highest BCUT2D eigenvalue weighted by Gasteiger charge is 2.40. The highest BCUT2D eigenvalue weighted by molar-refractivity contribution is 6.36. The molecule has 3 N–H and O–H groups in total. The van der Waals surface area contributed by atoms with E-state index in [9.17, 15) is 19.5 Å². The van der Waals surface area contributed by atoms with E-state index in [1.165, 1.54) is 0 Å². The Bertz CT molecular complexity index is 2340. The Morgan fingerprint density at radius 2 is 1.78 bits per heavy atom. The van der Waals surface area contributed by atoms with Crippen LogP contribution in [0.3, 0.4) is 0 Å². The van der Waals surface area contributed by atoms with Crippen LogP contribution in [0.5, 0.6) is 0 Å². The molecule has 0 unspecified atom stereocenters. The molecule has 5 aromatic rings. The van der Waals surface area contributed by atoms with Crippen LogP contribution in [-0.2, 0) is 36.1 Å². The number of rotatable bonds is 8. The van der Waals surface area contributed by atoms with E-state index in [4.69, 9.17) is 21.3 Å². The number of amides is 2. The number of aromatic nitrogens is 4. The van der Waals surface area contributed by atoms with Gasteiger partial charge in [0.25, 0.3) is 5.91 Å². The second-order valence-electron chi connectivity index (χ2n) is 15.7. The van der Waals surface area contributed by atoms with Gasteiger partial charge in [-0.25, -0.2) is 14.8 Å². The summed E-state index contributed by atoms with van der Waals surface area (Å²) < 4.78 is 7.32. The zero-order valence-electron chi connectivity index (χ0n) is 31.9. The number of nitrogens with zero attached hydrogens (tertiary/aromatic N) is 6. The Hall–Kier alpha value is -5.53.